The van der Waals surface area contributed by atoms with E-state index in [1.54, 1.807) is 17.3 Å². The summed E-state index contributed by atoms with van der Waals surface area (Å²) in [7, 11) is 2.10. The molecule has 0 radical (unpaired) electrons. The van der Waals surface area contributed by atoms with Crippen molar-refractivity contribution in [2.24, 2.45) is 0 Å². The number of benzene rings is 3. The topological polar surface area (TPSA) is 63.0 Å². The lowest BCUT2D eigenvalue weighted by molar-refractivity contribution is 0.878. The number of hydrogen-bond donors (Lipinski definition) is 0. The minimum absolute atomic E-state index is 0.751. The number of anilines is 3. The van der Waals surface area contributed by atoms with Crippen LogP contribution in [0, 0.1) is 0 Å². The number of pyridine rings is 2. The molecule has 1 aliphatic rings. The zero-order valence-corrected chi connectivity index (χ0v) is 19.1. The minimum atomic E-state index is 0.751. The molecule has 0 unspecified atom stereocenters. The van der Waals surface area contributed by atoms with Crippen LogP contribution in [0.5, 0.6) is 0 Å². The minimum Gasteiger partial charge on any atom is -0.354 e. The highest BCUT2D eigenvalue weighted by Crippen LogP contribution is 2.44. The molecule has 7 rings (SSSR count). The van der Waals surface area contributed by atoms with Crippen molar-refractivity contribution < 1.29 is 0 Å². The van der Waals surface area contributed by atoms with E-state index >= 15 is 0 Å². The fourth-order valence-electron chi connectivity index (χ4n) is 4.84. The second-order valence-electron chi connectivity index (χ2n) is 8.76. The Morgan fingerprint density at radius 2 is 1.60 bits per heavy atom. The van der Waals surface area contributed by atoms with Crippen molar-refractivity contribution >= 4 is 38.9 Å². The monoisotopic (exact) mass is 455 g/mol. The highest BCUT2D eigenvalue weighted by atomic mass is 15.4. The molecule has 0 saturated heterocycles. The molecule has 0 bridgehead atoms. The molecular weight excluding hydrogens is 434 g/mol. The van der Waals surface area contributed by atoms with Gasteiger partial charge >= 0.3 is 0 Å². The van der Waals surface area contributed by atoms with Crippen molar-refractivity contribution in [3.05, 3.63) is 97.8 Å². The molecule has 4 heterocycles. The first kappa shape index (κ1) is 19.7. The molecule has 0 spiro atoms. The quantitative estimate of drug-likeness (QED) is 0.347. The van der Waals surface area contributed by atoms with Crippen LogP contribution in [0.15, 0.2) is 97.8 Å². The normalized spacial score (nSPS) is 13.1. The lowest BCUT2D eigenvalue weighted by Crippen LogP contribution is -2.24. The van der Waals surface area contributed by atoms with Crippen molar-refractivity contribution in [2.75, 3.05) is 23.5 Å². The average Bonchev–Trinajstić information content (AvgIpc) is 3.57. The second-order valence-corrected chi connectivity index (χ2v) is 8.76. The van der Waals surface area contributed by atoms with Crippen LogP contribution < -0.4 is 9.80 Å². The van der Waals surface area contributed by atoms with Gasteiger partial charge in [0.05, 0.1) is 41.0 Å². The Morgan fingerprint density at radius 1 is 0.771 bits per heavy atom. The lowest BCUT2D eigenvalue weighted by Gasteiger charge is -2.21. The van der Waals surface area contributed by atoms with Crippen LogP contribution in [0.1, 0.15) is 0 Å². The van der Waals surface area contributed by atoms with E-state index in [0.29, 0.717) is 0 Å². The first-order chi connectivity index (χ1) is 17.2. The Hall–Kier alpha value is -4.78. The molecule has 7 heteroatoms. The van der Waals surface area contributed by atoms with E-state index in [4.69, 9.17) is 4.98 Å². The Labute approximate surface area is 201 Å². The van der Waals surface area contributed by atoms with Gasteiger partial charge in [0.15, 0.2) is 0 Å². The number of aromatic nitrogens is 5. The molecular formula is C28H21N7. The van der Waals surface area contributed by atoms with Crippen LogP contribution in [-0.4, -0.2) is 38.4 Å². The smallest absolute Gasteiger partial charge is 0.138 e. The maximum absolute atomic E-state index is 4.76. The summed E-state index contributed by atoms with van der Waals surface area (Å²) in [6.45, 7) is 0.751. The van der Waals surface area contributed by atoms with E-state index in [0.717, 1.165) is 56.7 Å². The van der Waals surface area contributed by atoms with E-state index in [1.165, 1.54) is 5.69 Å². The standard InChI is InChI=1S/C28H21N7/c1-33-18-34(22-7-9-23(10-8-22)35-17-29-16-32-35)28-24-13-19(6-11-26(24)31-15-27(28)33)21-12-20-4-2-3-5-25(20)30-14-21/h2-17H,18H2,1H3. The predicted molar refractivity (Wildman–Crippen MR) is 139 cm³/mol. The van der Waals surface area contributed by atoms with E-state index in [-0.39, 0.29) is 0 Å². The summed E-state index contributed by atoms with van der Waals surface area (Å²) >= 11 is 0. The molecule has 0 amide bonds. The third-order valence-electron chi connectivity index (χ3n) is 6.62. The van der Waals surface area contributed by atoms with Crippen LogP contribution in [0.3, 0.4) is 0 Å². The third kappa shape index (κ3) is 3.20. The van der Waals surface area contributed by atoms with Crippen LogP contribution >= 0.6 is 0 Å². The summed E-state index contributed by atoms with van der Waals surface area (Å²) < 4.78 is 1.76. The van der Waals surface area contributed by atoms with Crippen LogP contribution in [0.2, 0.25) is 0 Å². The molecule has 35 heavy (non-hydrogen) atoms. The molecule has 6 aromatic rings. The largest absolute Gasteiger partial charge is 0.354 e. The fourth-order valence-corrected chi connectivity index (χ4v) is 4.84. The maximum atomic E-state index is 4.76. The zero-order valence-electron chi connectivity index (χ0n) is 19.1. The number of rotatable bonds is 3. The molecule has 0 N–H and O–H groups in total. The van der Waals surface area contributed by atoms with E-state index in [9.17, 15) is 0 Å². The van der Waals surface area contributed by atoms with Crippen molar-refractivity contribution in [2.45, 2.75) is 0 Å². The second kappa shape index (κ2) is 7.63. The summed E-state index contributed by atoms with van der Waals surface area (Å²) in [5, 5.41) is 6.49. The summed E-state index contributed by atoms with van der Waals surface area (Å²) in [6, 6.07) is 25.3. The number of nitrogens with zero attached hydrogens (tertiary/aromatic N) is 7. The van der Waals surface area contributed by atoms with Crippen molar-refractivity contribution in [1.29, 1.82) is 0 Å². The number of hydrogen-bond acceptors (Lipinski definition) is 6. The Kier molecular flexibility index (Phi) is 4.29. The molecule has 0 atom stereocenters. The summed E-state index contributed by atoms with van der Waals surface area (Å²) in [5.41, 5.74) is 8.57. The van der Waals surface area contributed by atoms with Gasteiger partial charge in [0.25, 0.3) is 0 Å². The summed E-state index contributed by atoms with van der Waals surface area (Å²) in [6.07, 6.45) is 7.17. The highest BCUT2D eigenvalue weighted by Gasteiger charge is 2.27. The van der Waals surface area contributed by atoms with Crippen LogP contribution in [0.4, 0.5) is 17.1 Å². The first-order valence-electron chi connectivity index (χ1n) is 11.5. The van der Waals surface area contributed by atoms with E-state index < -0.39 is 0 Å². The van der Waals surface area contributed by atoms with Gasteiger partial charge in [-0.15, -0.1) is 0 Å². The molecule has 3 aromatic heterocycles. The molecule has 0 saturated carbocycles. The summed E-state index contributed by atoms with van der Waals surface area (Å²) in [5.74, 6) is 0. The first-order valence-corrected chi connectivity index (χ1v) is 11.5. The fraction of sp³-hybridized carbons (Fsp3) is 0.0714. The third-order valence-corrected chi connectivity index (χ3v) is 6.62. The van der Waals surface area contributed by atoms with Gasteiger partial charge in [0.2, 0.25) is 0 Å². The average molecular weight is 456 g/mol. The van der Waals surface area contributed by atoms with Crippen molar-refractivity contribution in [3.63, 3.8) is 0 Å². The van der Waals surface area contributed by atoms with Gasteiger partial charge in [0.1, 0.15) is 12.7 Å². The van der Waals surface area contributed by atoms with Gasteiger partial charge in [-0.3, -0.25) is 9.97 Å². The Morgan fingerprint density at radius 3 is 2.46 bits per heavy atom. The van der Waals surface area contributed by atoms with Gasteiger partial charge in [-0.25, -0.2) is 9.67 Å². The highest BCUT2D eigenvalue weighted by molar-refractivity contribution is 6.04. The molecule has 7 nitrogen and oxygen atoms in total. The SMILES string of the molecule is CN1CN(c2ccc(-n3cncn3)cc2)c2c1cnc1ccc(-c3cnc4ccccc4c3)cc21. The Bertz CT molecular complexity index is 1690. The van der Waals surface area contributed by atoms with Gasteiger partial charge < -0.3 is 9.80 Å². The van der Waals surface area contributed by atoms with Crippen molar-refractivity contribution in [1.82, 2.24) is 24.7 Å². The maximum Gasteiger partial charge on any atom is 0.138 e. The van der Waals surface area contributed by atoms with E-state index in [2.05, 4.69) is 86.5 Å². The molecule has 0 aliphatic carbocycles. The van der Waals surface area contributed by atoms with Crippen LogP contribution in [0.25, 0.3) is 38.6 Å². The van der Waals surface area contributed by atoms with Gasteiger partial charge in [-0.2, -0.15) is 5.10 Å². The molecule has 3 aromatic carbocycles. The number of fused-ring (bicyclic) bond motifs is 4. The van der Waals surface area contributed by atoms with Gasteiger partial charge in [-0.1, -0.05) is 24.3 Å². The van der Waals surface area contributed by atoms with Gasteiger partial charge in [0, 0.05) is 35.3 Å². The van der Waals surface area contributed by atoms with Crippen molar-refractivity contribution in [3.8, 4) is 16.8 Å². The van der Waals surface area contributed by atoms with E-state index in [1.807, 2.05) is 30.6 Å². The summed E-state index contributed by atoms with van der Waals surface area (Å²) in [4.78, 5) is 18.0. The Balaban J connectivity index is 1.35. The van der Waals surface area contributed by atoms with Crippen LogP contribution in [-0.2, 0) is 0 Å². The molecule has 0 fully saturated rings. The lowest BCUT2D eigenvalue weighted by atomic mass is 10.0. The molecule has 168 valence electrons. The molecule has 1 aliphatic heterocycles. The zero-order chi connectivity index (χ0) is 23.4. The number of para-hydroxylation sites is 1. The predicted octanol–water partition coefficient (Wildman–Crippen LogP) is 5.58. The van der Waals surface area contributed by atoms with Gasteiger partial charge in [-0.05, 0) is 54.1 Å².